The lowest BCUT2D eigenvalue weighted by Crippen LogP contribution is -2.64. The highest BCUT2D eigenvalue weighted by Gasteiger charge is 2.59. The first kappa shape index (κ1) is 13.1. The number of nitrogens with two attached hydrogens (primary N) is 1. The van der Waals surface area contributed by atoms with Crippen molar-refractivity contribution in [1.82, 2.24) is 0 Å². The summed E-state index contributed by atoms with van der Waals surface area (Å²) in [6.07, 6.45) is 3.85. The molecule has 0 aromatic heterocycles. The molecule has 1 heterocycles. The third kappa shape index (κ3) is 1.63. The van der Waals surface area contributed by atoms with Crippen LogP contribution in [0.1, 0.15) is 41.5 Å². The van der Waals surface area contributed by atoms with Gasteiger partial charge in [0.1, 0.15) is 0 Å². The van der Waals surface area contributed by atoms with E-state index in [9.17, 15) is 0 Å². The minimum absolute atomic E-state index is 0.182. The van der Waals surface area contributed by atoms with Crippen molar-refractivity contribution in [2.75, 3.05) is 19.8 Å². The van der Waals surface area contributed by atoms with Crippen molar-refractivity contribution >= 4 is 0 Å². The Balaban J connectivity index is 2.13. The van der Waals surface area contributed by atoms with Crippen LogP contribution in [0.5, 0.6) is 0 Å². The average Bonchev–Trinajstić information content (AvgIpc) is 2.22. The van der Waals surface area contributed by atoms with E-state index in [1.807, 2.05) is 0 Å². The fourth-order valence-electron chi connectivity index (χ4n) is 4.44. The summed E-state index contributed by atoms with van der Waals surface area (Å²) in [4.78, 5) is 0. The minimum atomic E-state index is 0.182. The number of aryl methyl sites for hydroxylation is 3. The summed E-state index contributed by atoms with van der Waals surface area (Å²) in [5.41, 5.74) is 12.4. The highest BCUT2D eigenvalue weighted by atomic mass is 16.5. The van der Waals surface area contributed by atoms with Gasteiger partial charge in [-0.15, -0.1) is 0 Å². The van der Waals surface area contributed by atoms with Gasteiger partial charge in [-0.3, -0.25) is 0 Å². The van der Waals surface area contributed by atoms with Gasteiger partial charge in [0.2, 0.25) is 0 Å². The summed E-state index contributed by atoms with van der Waals surface area (Å²) < 4.78 is 5.66. The van der Waals surface area contributed by atoms with E-state index < -0.39 is 0 Å². The van der Waals surface area contributed by atoms with Crippen molar-refractivity contribution in [3.8, 4) is 0 Å². The van der Waals surface area contributed by atoms with Gasteiger partial charge in [-0.25, -0.2) is 0 Å². The molecule has 2 fully saturated rings. The number of benzene rings is 1. The zero-order valence-electron chi connectivity index (χ0n) is 12.4. The maximum atomic E-state index is 6.18. The molecule has 1 aromatic rings. The molecule has 2 N–H and O–H groups in total. The molecule has 0 bridgehead atoms. The largest absolute Gasteiger partial charge is 0.379 e. The van der Waals surface area contributed by atoms with Crippen LogP contribution in [0.2, 0.25) is 0 Å². The van der Waals surface area contributed by atoms with Crippen LogP contribution in [0.4, 0.5) is 0 Å². The molecule has 0 radical (unpaired) electrons. The Kier molecular flexibility index (Phi) is 2.99. The molecule has 2 nitrogen and oxygen atoms in total. The van der Waals surface area contributed by atoms with Crippen LogP contribution in [0, 0.1) is 26.2 Å². The molecule has 3 rings (SSSR count). The Bertz CT molecular complexity index is 469. The van der Waals surface area contributed by atoms with Crippen molar-refractivity contribution in [2.45, 2.75) is 45.4 Å². The van der Waals surface area contributed by atoms with E-state index in [4.69, 9.17) is 10.5 Å². The fourth-order valence-corrected chi connectivity index (χ4v) is 4.44. The Morgan fingerprint density at radius 1 is 1.11 bits per heavy atom. The molecule has 2 aliphatic rings. The van der Waals surface area contributed by atoms with Gasteiger partial charge >= 0.3 is 0 Å². The van der Waals surface area contributed by atoms with E-state index >= 15 is 0 Å². The predicted octanol–water partition coefficient (Wildman–Crippen LogP) is 3.01. The molecular formula is C17H25NO. The number of ether oxygens (including phenoxy) is 1. The fraction of sp³-hybridized carbons (Fsp3) is 0.647. The third-order valence-electron chi connectivity index (χ3n) is 5.57. The standard InChI is InChI=1S/C17H25NO/c1-12-7-13(2)15(14(3)8-12)17(10-19-11-17)16(9-18)5-4-6-16/h7-8H,4-6,9-11,18H2,1-3H3. The molecule has 1 aliphatic heterocycles. The summed E-state index contributed by atoms with van der Waals surface area (Å²) in [6, 6.07) is 4.62. The van der Waals surface area contributed by atoms with Gasteiger partial charge in [0.15, 0.2) is 0 Å². The molecule has 0 amide bonds. The predicted molar refractivity (Wildman–Crippen MR) is 78.5 cm³/mol. The third-order valence-corrected chi connectivity index (χ3v) is 5.57. The van der Waals surface area contributed by atoms with Gasteiger partial charge in [0.05, 0.1) is 13.2 Å². The van der Waals surface area contributed by atoms with E-state index in [0.717, 1.165) is 19.8 Å². The van der Waals surface area contributed by atoms with Crippen LogP contribution in [-0.4, -0.2) is 19.8 Å². The Labute approximate surface area is 116 Å². The van der Waals surface area contributed by atoms with E-state index in [1.54, 1.807) is 0 Å². The van der Waals surface area contributed by atoms with Crippen molar-refractivity contribution in [3.63, 3.8) is 0 Å². The van der Waals surface area contributed by atoms with E-state index in [0.29, 0.717) is 0 Å². The van der Waals surface area contributed by atoms with Crippen LogP contribution in [0.3, 0.4) is 0 Å². The van der Waals surface area contributed by atoms with Gasteiger partial charge in [0.25, 0.3) is 0 Å². The quantitative estimate of drug-likeness (QED) is 0.905. The average molecular weight is 259 g/mol. The lowest BCUT2D eigenvalue weighted by molar-refractivity contribution is -0.154. The highest BCUT2D eigenvalue weighted by Crippen LogP contribution is 2.58. The molecule has 2 heteroatoms. The summed E-state index contributed by atoms with van der Waals surface area (Å²) in [6.45, 7) is 9.18. The Morgan fingerprint density at radius 2 is 1.68 bits per heavy atom. The smallest absolute Gasteiger partial charge is 0.0591 e. The second kappa shape index (κ2) is 4.32. The van der Waals surface area contributed by atoms with Crippen molar-refractivity contribution < 1.29 is 4.74 Å². The molecule has 1 saturated carbocycles. The highest BCUT2D eigenvalue weighted by molar-refractivity contribution is 5.46. The first-order valence-electron chi connectivity index (χ1n) is 7.41. The van der Waals surface area contributed by atoms with Crippen LogP contribution >= 0.6 is 0 Å². The number of hydrogen-bond acceptors (Lipinski definition) is 2. The molecule has 0 spiro atoms. The maximum Gasteiger partial charge on any atom is 0.0591 e. The molecular weight excluding hydrogens is 234 g/mol. The maximum absolute atomic E-state index is 6.18. The van der Waals surface area contributed by atoms with Gasteiger partial charge < -0.3 is 10.5 Å². The van der Waals surface area contributed by atoms with E-state index in [2.05, 4.69) is 32.9 Å². The lowest BCUT2D eigenvalue weighted by atomic mass is 9.49. The van der Waals surface area contributed by atoms with Crippen LogP contribution in [-0.2, 0) is 10.2 Å². The first-order chi connectivity index (χ1) is 9.05. The molecule has 0 atom stereocenters. The molecule has 0 unspecified atom stereocenters. The van der Waals surface area contributed by atoms with Crippen molar-refractivity contribution in [1.29, 1.82) is 0 Å². The SMILES string of the molecule is Cc1cc(C)c(C2(C3(CN)CCC3)COC2)c(C)c1. The lowest BCUT2D eigenvalue weighted by Gasteiger charge is -2.61. The molecule has 1 saturated heterocycles. The minimum Gasteiger partial charge on any atom is -0.379 e. The molecule has 19 heavy (non-hydrogen) atoms. The summed E-state index contributed by atoms with van der Waals surface area (Å²) in [7, 11) is 0. The zero-order valence-corrected chi connectivity index (χ0v) is 12.4. The number of rotatable bonds is 3. The zero-order chi connectivity index (χ0) is 13.7. The van der Waals surface area contributed by atoms with Crippen molar-refractivity contribution in [2.24, 2.45) is 11.1 Å². The van der Waals surface area contributed by atoms with Crippen LogP contribution in [0.25, 0.3) is 0 Å². The van der Waals surface area contributed by atoms with E-state index in [1.165, 1.54) is 41.5 Å². The second-order valence-corrected chi connectivity index (χ2v) is 6.69. The van der Waals surface area contributed by atoms with Gasteiger partial charge in [-0.1, -0.05) is 24.1 Å². The summed E-state index contributed by atoms with van der Waals surface area (Å²) in [5, 5.41) is 0. The van der Waals surface area contributed by atoms with Gasteiger partial charge in [0, 0.05) is 5.41 Å². The summed E-state index contributed by atoms with van der Waals surface area (Å²) >= 11 is 0. The van der Waals surface area contributed by atoms with Crippen LogP contribution in [0.15, 0.2) is 12.1 Å². The first-order valence-corrected chi connectivity index (χ1v) is 7.41. The Hall–Kier alpha value is -0.860. The van der Waals surface area contributed by atoms with Gasteiger partial charge in [-0.05, 0) is 62.3 Å². The van der Waals surface area contributed by atoms with Crippen molar-refractivity contribution in [3.05, 3.63) is 34.4 Å². The molecule has 1 aromatic carbocycles. The van der Waals surface area contributed by atoms with E-state index in [-0.39, 0.29) is 10.8 Å². The topological polar surface area (TPSA) is 35.2 Å². The normalized spacial score (nSPS) is 23.6. The second-order valence-electron chi connectivity index (χ2n) is 6.69. The Morgan fingerprint density at radius 3 is 2.00 bits per heavy atom. The number of hydrogen-bond donors (Lipinski definition) is 1. The monoisotopic (exact) mass is 259 g/mol. The van der Waals surface area contributed by atoms with Gasteiger partial charge in [-0.2, -0.15) is 0 Å². The van der Waals surface area contributed by atoms with Crippen LogP contribution < -0.4 is 5.73 Å². The molecule has 1 aliphatic carbocycles. The summed E-state index contributed by atoms with van der Waals surface area (Å²) in [5.74, 6) is 0. The molecule has 104 valence electrons.